The van der Waals surface area contributed by atoms with Gasteiger partial charge >= 0.3 is 0 Å². The van der Waals surface area contributed by atoms with Gasteiger partial charge < -0.3 is 24.6 Å². The zero-order valence-electron chi connectivity index (χ0n) is 36.0. The van der Waals surface area contributed by atoms with Crippen LogP contribution < -0.4 is 19.7 Å². The number of aromatic nitrogens is 8. The van der Waals surface area contributed by atoms with Crippen molar-refractivity contribution in [1.29, 1.82) is 5.26 Å². The van der Waals surface area contributed by atoms with Crippen molar-refractivity contribution >= 4 is 34.9 Å². The second kappa shape index (κ2) is 17.6. The number of hydrogen-bond donors (Lipinski definition) is 2. The number of nitrogens with zero attached hydrogens (tertiary/aromatic N) is 10. The van der Waals surface area contributed by atoms with E-state index in [1.165, 1.54) is 0 Å². The lowest BCUT2D eigenvalue weighted by atomic mass is 9.58. The van der Waals surface area contributed by atoms with E-state index in [9.17, 15) is 18.4 Å². The van der Waals surface area contributed by atoms with Gasteiger partial charge in [-0.25, -0.2) is 8.78 Å². The Balaban J connectivity index is 0.748. The zero-order valence-corrected chi connectivity index (χ0v) is 36.7. The van der Waals surface area contributed by atoms with Crippen LogP contribution in [0.3, 0.4) is 0 Å². The molecule has 5 aliphatic rings. The van der Waals surface area contributed by atoms with Crippen molar-refractivity contribution in [2.24, 2.45) is 5.41 Å². The smallest absolute Gasteiger partial charge is 0.272 e. The summed E-state index contributed by atoms with van der Waals surface area (Å²) in [6, 6.07) is 14.0. The normalized spacial score (nSPS) is 23.9. The van der Waals surface area contributed by atoms with E-state index in [0.717, 1.165) is 93.3 Å². The molecule has 0 saturated heterocycles. The standard InChI is InChI=1S/C46H49ClF2N12O4/c1-26(62)59-18-14-39-36(25-59)44(60-17-2-3-27-19-35(43-54-57-58-55-43)34(42(48)49)21-40(27)60)56-61(39)30-12-15-46(16-13-30)22-33(23-46)65-41-11-10-38(52-53-41)45(63)51-29-5-8-31(9-6-29)64-32-7-4-28(24-50)37(47)20-32/h4,7,10-11,19-21,29-31,33,42H,2-3,5-6,8-9,12-18,22-23,25H2,1H3,(H,51,63)(H,54,55,57,58). The summed E-state index contributed by atoms with van der Waals surface area (Å²) in [5, 5.41) is 40.3. The highest BCUT2D eigenvalue weighted by Crippen LogP contribution is 2.55. The Hall–Kier alpha value is -6.22. The summed E-state index contributed by atoms with van der Waals surface area (Å²) in [7, 11) is 0. The van der Waals surface area contributed by atoms with Gasteiger partial charge in [-0.1, -0.05) is 11.6 Å². The molecule has 0 bridgehead atoms. The number of nitriles is 1. The number of ether oxygens (including phenoxy) is 2. The summed E-state index contributed by atoms with van der Waals surface area (Å²) in [5.41, 5.74) is 4.65. The molecule has 16 nitrogen and oxygen atoms in total. The number of carbonyl (C=O) groups is 2. The number of alkyl halides is 2. The first-order valence-corrected chi connectivity index (χ1v) is 22.9. The number of tetrazole rings is 1. The van der Waals surface area contributed by atoms with Gasteiger partial charge in [0.15, 0.2) is 11.5 Å². The SMILES string of the molecule is CC(=O)N1CCc2c(c(N3CCCc4cc(-c5nn[nH]n5)c(C(F)F)cc43)nn2C2CCC3(CC2)CC(Oc2ccc(C(=O)NC4CCC(Oc5ccc(C#N)c(Cl)c5)CC4)nn2)C3)C1. The molecule has 10 rings (SSSR count). The lowest BCUT2D eigenvalue weighted by Crippen LogP contribution is -2.46. The number of amides is 2. The molecular formula is C46H49ClF2N12O4. The second-order valence-corrected chi connectivity index (χ2v) is 18.6. The summed E-state index contributed by atoms with van der Waals surface area (Å²) in [4.78, 5) is 29.6. The molecule has 338 valence electrons. The van der Waals surface area contributed by atoms with Crippen LogP contribution in [-0.2, 0) is 24.2 Å². The van der Waals surface area contributed by atoms with Gasteiger partial charge in [-0.05, 0) is 124 Å². The van der Waals surface area contributed by atoms with Crippen LogP contribution in [0.1, 0.15) is 128 Å². The number of anilines is 2. The van der Waals surface area contributed by atoms with Crippen LogP contribution in [0, 0.1) is 16.7 Å². The molecule has 0 radical (unpaired) electrons. The van der Waals surface area contributed by atoms with Crippen LogP contribution in [0.5, 0.6) is 11.6 Å². The van der Waals surface area contributed by atoms with Crippen LogP contribution in [0.25, 0.3) is 11.4 Å². The number of nitrogens with one attached hydrogen (secondary N) is 2. The van der Waals surface area contributed by atoms with Gasteiger partial charge in [-0.2, -0.15) is 15.6 Å². The van der Waals surface area contributed by atoms with Crippen molar-refractivity contribution in [2.75, 3.05) is 18.0 Å². The molecular weight excluding hydrogens is 858 g/mol. The molecule has 1 spiro atoms. The second-order valence-electron chi connectivity index (χ2n) is 18.2. The first-order chi connectivity index (χ1) is 31.5. The molecule has 19 heteroatoms. The number of rotatable bonds is 10. The Bertz CT molecular complexity index is 2610. The third kappa shape index (κ3) is 8.58. The molecule has 0 unspecified atom stereocenters. The van der Waals surface area contributed by atoms with Crippen LogP contribution >= 0.6 is 11.6 Å². The van der Waals surface area contributed by atoms with Crippen molar-refractivity contribution in [3.8, 4) is 29.1 Å². The maximum atomic E-state index is 14.6. The number of benzene rings is 2. The first kappa shape index (κ1) is 42.7. The van der Waals surface area contributed by atoms with Gasteiger partial charge in [0.2, 0.25) is 17.6 Å². The van der Waals surface area contributed by atoms with E-state index in [-0.39, 0.29) is 64.2 Å². The predicted molar refractivity (Wildman–Crippen MR) is 233 cm³/mol. The fourth-order valence-corrected chi connectivity index (χ4v) is 10.9. The number of H-pyrrole nitrogens is 1. The summed E-state index contributed by atoms with van der Waals surface area (Å²) >= 11 is 6.16. The predicted octanol–water partition coefficient (Wildman–Crippen LogP) is 7.77. The molecule has 2 N–H and O–H groups in total. The van der Waals surface area contributed by atoms with E-state index in [2.05, 4.69) is 51.8 Å². The largest absolute Gasteiger partial charge is 0.490 e. The summed E-state index contributed by atoms with van der Waals surface area (Å²) in [6.07, 6.45) is 8.28. The van der Waals surface area contributed by atoms with Crippen molar-refractivity contribution in [2.45, 2.75) is 128 Å². The van der Waals surface area contributed by atoms with Crippen LogP contribution in [0.15, 0.2) is 42.5 Å². The van der Waals surface area contributed by atoms with E-state index in [1.54, 1.807) is 49.4 Å². The molecule has 3 aliphatic carbocycles. The highest BCUT2D eigenvalue weighted by Gasteiger charge is 2.48. The molecule has 2 aliphatic heterocycles. The van der Waals surface area contributed by atoms with Crippen molar-refractivity contribution in [3.63, 3.8) is 0 Å². The minimum absolute atomic E-state index is 0.000583. The summed E-state index contributed by atoms with van der Waals surface area (Å²) in [5.74, 6) is 1.63. The fourth-order valence-electron chi connectivity index (χ4n) is 10.7. The number of carbonyl (C=O) groups excluding carboxylic acids is 2. The van der Waals surface area contributed by atoms with E-state index >= 15 is 0 Å². The highest BCUT2D eigenvalue weighted by atomic mass is 35.5. The molecule has 0 atom stereocenters. The third-order valence-electron chi connectivity index (χ3n) is 14.2. The van der Waals surface area contributed by atoms with E-state index in [4.69, 9.17) is 31.4 Å². The molecule has 3 fully saturated rings. The lowest BCUT2D eigenvalue weighted by Gasteiger charge is -2.51. The van der Waals surface area contributed by atoms with Crippen molar-refractivity contribution < 1.29 is 27.8 Å². The maximum absolute atomic E-state index is 14.6. The van der Waals surface area contributed by atoms with E-state index < -0.39 is 6.43 Å². The van der Waals surface area contributed by atoms with Gasteiger partial charge in [0.1, 0.15) is 17.9 Å². The molecule has 3 saturated carbocycles. The topological polar surface area (TPSA) is 193 Å². The highest BCUT2D eigenvalue weighted by molar-refractivity contribution is 6.31. The molecule has 3 aromatic heterocycles. The third-order valence-corrected chi connectivity index (χ3v) is 14.5. The lowest BCUT2D eigenvalue weighted by molar-refractivity contribution is -0.129. The van der Waals surface area contributed by atoms with Crippen molar-refractivity contribution in [3.05, 3.63) is 81.1 Å². The molecule has 2 amide bonds. The molecule has 5 heterocycles. The quantitative estimate of drug-likeness (QED) is 0.139. The monoisotopic (exact) mass is 906 g/mol. The van der Waals surface area contributed by atoms with Crippen LogP contribution in [0.4, 0.5) is 20.3 Å². The number of aromatic amines is 1. The summed E-state index contributed by atoms with van der Waals surface area (Å²) < 4.78 is 43.7. The summed E-state index contributed by atoms with van der Waals surface area (Å²) in [6.45, 7) is 3.23. The van der Waals surface area contributed by atoms with Gasteiger partial charge in [0.25, 0.3) is 12.3 Å². The average Bonchev–Trinajstić information content (AvgIpc) is 3.98. The van der Waals surface area contributed by atoms with Gasteiger partial charge in [-0.15, -0.1) is 20.4 Å². The van der Waals surface area contributed by atoms with Gasteiger partial charge in [0, 0.05) is 72.7 Å². The number of hydrogen-bond acceptors (Lipinski definition) is 12. The first-order valence-electron chi connectivity index (χ1n) is 22.5. The van der Waals surface area contributed by atoms with Gasteiger partial charge in [0.05, 0.1) is 29.3 Å². The minimum atomic E-state index is -2.75. The Morgan fingerprint density at radius 1 is 0.969 bits per heavy atom. The van der Waals surface area contributed by atoms with Crippen LogP contribution in [-0.4, -0.2) is 88.7 Å². The van der Waals surface area contributed by atoms with Gasteiger partial charge in [-0.3, -0.25) is 14.3 Å². The molecule has 65 heavy (non-hydrogen) atoms. The van der Waals surface area contributed by atoms with E-state index in [1.807, 2.05) is 4.90 Å². The average molecular weight is 907 g/mol. The zero-order chi connectivity index (χ0) is 44.8. The number of halogens is 3. The van der Waals surface area contributed by atoms with Crippen LogP contribution in [0.2, 0.25) is 5.02 Å². The minimum Gasteiger partial charge on any atom is -0.490 e. The Morgan fingerprint density at radius 3 is 2.48 bits per heavy atom. The number of aryl methyl sites for hydroxylation is 1. The molecule has 2 aromatic carbocycles. The maximum Gasteiger partial charge on any atom is 0.272 e. The van der Waals surface area contributed by atoms with Crippen molar-refractivity contribution in [1.82, 2.24) is 50.8 Å². The Morgan fingerprint density at radius 2 is 1.78 bits per heavy atom. The van der Waals surface area contributed by atoms with E-state index in [0.29, 0.717) is 60.4 Å². The Labute approximate surface area is 379 Å². The number of fused-ring (bicyclic) bond motifs is 2. The molecule has 5 aromatic rings. The Kier molecular flexibility index (Phi) is 11.6. The fraction of sp³-hybridized carbons (Fsp3) is 0.500.